The minimum Gasteiger partial charge on any atom is -0.364 e. The fourth-order valence-electron chi connectivity index (χ4n) is 6.40. The highest BCUT2D eigenvalue weighted by atomic mass is 35.5. The molecule has 2 aliphatic rings. The van der Waals surface area contributed by atoms with Crippen LogP contribution in [0.1, 0.15) is 35.8 Å². The molecule has 3 aromatic carbocycles. The molecule has 0 bridgehead atoms. The van der Waals surface area contributed by atoms with Crippen molar-refractivity contribution in [1.82, 2.24) is 9.36 Å². The number of benzene rings is 3. The van der Waals surface area contributed by atoms with Gasteiger partial charge in [0, 0.05) is 38.8 Å². The van der Waals surface area contributed by atoms with E-state index in [1.54, 1.807) is 47.8 Å². The van der Waals surface area contributed by atoms with Gasteiger partial charge in [0.25, 0.3) is 21.5 Å². The number of fused-ring (bicyclic) bond motifs is 3. The summed E-state index contributed by atoms with van der Waals surface area (Å²) in [7, 11) is -1.35. The zero-order valence-corrected chi connectivity index (χ0v) is 27.2. The van der Waals surface area contributed by atoms with Crippen molar-refractivity contribution >= 4 is 56.2 Å². The first-order valence-corrected chi connectivity index (χ1v) is 16.6. The number of hydrogen-bond acceptors (Lipinski definition) is 5. The summed E-state index contributed by atoms with van der Waals surface area (Å²) in [6, 6.07) is 18.8. The molecule has 12 heteroatoms. The number of carbonyl (C=O) groups excluding carboxylic acids is 1. The van der Waals surface area contributed by atoms with Gasteiger partial charge in [-0.2, -0.15) is 0 Å². The molecule has 2 aliphatic heterocycles. The van der Waals surface area contributed by atoms with Crippen LogP contribution < -0.4 is 19.7 Å². The van der Waals surface area contributed by atoms with Crippen molar-refractivity contribution in [3.63, 3.8) is 0 Å². The van der Waals surface area contributed by atoms with Gasteiger partial charge in [0.2, 0.25) is 0 Å². The van der Waals surface area contributed by atoms with E-state index in [1.165, 1.54) is 29.9 Å². The summed E-state index contributed by atoms with van der Waals surface area (Å²) < 4.78 is 32.1. The highest BCUT2D eigenvalue weighted by molar-refractivity contribution is 7.93. The van der Waals surface area contributed by atoms with Gasteiger partial charge in [0.1, 0.15) is 10.6 Å². The summed E-state index contributed by atoms with van der Waals surface area (Å²) in [6.45, 7) is 5.19. The topological polar surface area (TPSA) is 87.9 Å². The SMILES string of the molecule is Cc1c(N(C)S(=O)(=O)c2cc(C(=O)N3CC4CC(C)CCN4c4c(Cl)cccc43)ccc2Cl)c(=O)n(-c2ccccc2)n1C. The van der Waals surface area contributed by atoms with Gasteiger partial charge in [0.15, 0.2) is 0 Å². The van der Waals surface area contributed by atoms with Gasteiger partial charge >= 0.3 is 0 Å². The average Bonchev–Trinajstić information content (AvgIpc) is 3.23. The average molecular weight is 655 g/mol. The van der Waals surface area contributed by atoms with E-state index in [1.807, 2.05) is 24.3 Å². The Morgan fingerprint density at radius 3 is 2.45 bits per heavy atom. The van der Waals surface area contributed by atoms with Crippen LogP contribution in [0.2, 0.25) is 10.0 Å². The summed E-state index contributed by atoms with van der Waals surface area (Å²) in [5, 5.41) is 0.514. The van der Waals surface area contributed by atoms with Crippen molar-refractivity contribution in [3.05, 3.63) is 98.4 Å². The van der Waals surface area contributed by atoms with Gasteiger partial charge in [-0.05, 0) is 68.1 Å². The number of piperidine rings is 1. The molecule has 0 saturated carbocycles. The van der Waals surface area contributed by atoms with E-state index in [4.69, 9.17) is 23.2 Å². The third kappa shape index (κ3) is 4.89. The third-order valence-corrected chi connectivity index (χ3v) is 11.4. The van der Waals surface area contributed by atoms with Gasteiger partial charge < -0.3 is 9.80 Å². The Kier molecular flexibility index (Phi) is 7.80. The molecule has 1 fully saturated rings. The normalized spacial score (nSPS) is 18.1. The zero-order chi connectivity index (χ0) is 31.5. The molecule has 6 rings (SSSR count). The van der Waals surface area contributed by atoms with Crippen LogP contribution >= 0.6 is 23.2 Å². The summed E-state index contributed by atoms with van der Waals surface area (Å²) in [6.07, 6.45) is 1.95. The van der Waals surface area contributed by atoms with Crippen molar-refractivity contribution in [1.29, 1.82) is 0 Å². The quantitative estimate of drug-likeness (QED) is 0.268. The Balaban J connectivity index is 1.39. The minimum atomic E-state index is -4.36. The summed E-state index contributed by atoms with van der Waals surface area (Å²) in [5.41, 5.74) is 2.19. The number of halogens is 2. The minimum absolute atomic E-state index is 0.0183. The Labute approximate surface area is 266 Å². The van der Waals surface area contributed by atoms with Crippen LogP contribution in [0.25, 0.3) is 5.69 Å². The Morgan fingerprint density at radius 2 is 1.73 bits per heavy atom. The lowest BCUT2D eigenvalue weighted by atomic mass is 9.89. The first-order chi connectivity index (χ1) is 20.9. The lowest BCUT2D eigenvalue weighted by Gasteiger charge is -2.48. The maximum atomic E-state index is 14.1. The van der Waals surface area contributed by atoms with Crippen molar-refractivity contribution in [2.24, 2.45) is 13.0 Å². The Hall–Kier alpha value is -3.73. The molecule has 0 radical (unpaired) electrons. The highest BCUT2D eigenvalue weighted by Gasteiger charge is 2.39. The molecule has 2 unspecified atom stereocenters. The van der Waals surface area contributed by atoms with Gasteiger partial charge in [0.05, 0.1) is 32.8 Å². The van der Waals surface area contributed by atoms with Crippen LogP contribution in [0.5, 0.6) is 0 Å². The Morgan fingerprint density at radius 1 is 1.00 bits per heavy atom. The van der Waals surface area contributed by atoms with Crippen molar-refractivity contribution in [2.45, 2.75) is 37.6 Å². The molecule has 9 nitrogen and oxygen atoms in total. The number of nitrogens with zero attached hydrogens (tertiary/aromatic N) is 5. The van der Waals surface area contributed by atoms with E-state index in [9.17, 15) is 18.0 Å². The molecule has 1 amide bonds. The second kappa shape index (κ2) is 11.3. The van der Waals surface area contributed by atoms with Crippen molar-refractivity contribution in [2.75, 3.05) is 34.2 Å². The maximum absolute atomic E-state index is 14.1. The molecule has 1 saturated heterocycles. The van der Waals surface area contributed by atoms with E-state index < -0.39 is 15.6 Å². The smallest absolute Gasteiger partial charge is 0.296 e. The van der Waals surface area contributed by atoms with Gasteiger partial charge in [-0.25, -0.2) is 13.1 Å². The molecule has 1 aromatic heterocycles. The Bertz CT molecular complexity index is 1940. The largest absolute Gasteiger partial charge is 0.364 e. The van der Waals surface area contributed by atoms with E-state index in [0.29, 0.717) is 34.6 Å². The van der Waals surface area contributed by atoms with Crippen LogP contribution in [-0.4, -0.2) is 49.9 Å². The molecule has 0 aliphatic carbocycles. The fourth-order valence-corrected chi connectivity index (χ4v) is 8.43. The van der Waals surface area contributed by atoms with Crippen molar-refractivity contribution < 1.29 is 13.2 Å². The predicted molar refractivity (Wildman–Crippen MR) is 175 cm³/mol. The molecule has 4 aromatic rings. The maximum Gasteiger partial charge on any atom is 0.296 e. The van der Waals surface area contributed by atoms with E-state index in [0.717, 1.165) is 29.4 Å². The van der Waals surface area contributed by atoms with Gasteiger partial charge in [-0.3, -0.25) is 18.6 Å². The number of carbonyl (C=O) groups is 1. The summed E-state index contributed by atoms with van der Waals surface area (Å²) in [5.74, 6) is 0.150. The first-order valence-electron chi connectivity index (χ1n) is 14.4. The van der Waals surface area contributed by atoms with Crippen LogP contribution in [-0.2, 0) is 17.1 Å². The summed E-state index contributed by atoms with van der Waals surface area (Å²) in [4.78, 5) is 31.4. The molecule has 2 atom stereocenters. The highest BCUT2D eigenvalue weighted by Crippen LogP contribution is 2.44. The second-order valence-electron chi connectivity index (χ2n) is 11.5. The first kappa shape index (κ1) is 30.3. The monoisotopic (exact) mass is 653 g/mol. The van der Waals surface area contributed by atoms with E-state index >= 15 is 0 Å². The van der Waals surface area contributed by atoms with Crippen LogP contribution in [0.15, 0.2) is 76.4 Å². The number of sulfonamides is 1. The number of amides is 1. The molecule has 44 heavy (non-hydrogen) atoms. The van der Waals surface area contributed by atoms with Crippen LogP contribution in [0.3, 0.4) is 0 Å². The number of hydrogen-bond donors (Lipinski definition) is 0. The zero-order valence-electron chi connectivity index (χ0n) is 24.9. The molecule has 0 spiro atoms. The lowest BCUT2D eigenvalue weighted by molar-refractivity contribution is 0.0981. The van der Waals surface area contributed by atoms with Gasteiger partial charge in [-0.1, -0.05) is 54.4 Å². The van der Waals surface area contributed by atoms with Crippen molar-refractivity contribution in [3.8, 4) is 5.69 Å². The van der Waals surface area contributed by atoms with E-state index in [-0.39, 0.29) is 33.1 Å². The molecule has 0 N–H and O–H groups in total. The molecule has 230 valence electrons. The van der Waals surface area contributed by atoms with Gasteiger partial charge in [-0.15, -0.1) is 0 Å². The number of anilines is 3. The summed E-state index contributed by atoms with van der Waals surface area (Å²) >= 11 is 13.2. The predicted octanol–water partition coefficient (Wildman–Crippen LogP) is 5.88. The van der Waals surface area contributed by atoms with E-state index in [2.05, 4.69) is 11.8 Å². The third-order valence-electron chi connectivity index (χ3n) is 8.82. The van der Waals surface area contributed by atoms with Crippen LogP contribution in [0.4, 0.5) is 17.1 Å². The fraction of sp³-hybridized carbons (Fsp3) is 0.312. The number of rotatable bonds is 5. The molecular weight excluding hydrogens is 621 g/mol. The number of aromatic nitrogens is 2. The molecule has 3 heterocycles. The number of para-hydroxylation sites is 2. The lowest BCUT2D eigenvalue weighted by Crippen LogP contribution is -2.54. The standard InChI is InChI=1S/C32H33Cl2N5O4S/c1-20-15-16-37-24(17-20)19-38(27-12-8-11-26(34)30(27)37)31(40)22-13-14-25(33)28(18-22)44(42,43)36(4)29-21(2)35(3)39(32(29)41)23-9-6-5-7-10-23/h5-14,18,20,24H,15-17,19H2,1-4H3. The second-order valence-corrected chi connectivity index (χ2v) is 14.3. The molecular formula is C32H33Cl2N5O4S. The van der Waals surface area contributed by atoms with Crippen LogP contribution in [0, 0.1) is 12.8 Å².